The van der Waals surface area contributed by atoms with Gasteiger partial charge in [0.25, 0.3) is 0 Å². The minimum Gasteiger partial charge on any atom is -0.444 e. The standard InChI is InChI=1S/C16H29NO4/c1-16(2,3)21-15(19)17-10-14(11-17)20-7-5-13-8-12(9-13)4-6-18/h12-14,18H,4-11H2,1-3H3. The molecule has 1 amide bonds. The summed E-state index contributed by atoms with van der Waals surface area (Å²) in [4.78, 5) is 13.4. The van der Waals surface area contributed by atoms with Gasteiger partial charge < -0.3 is 19.5 Å². The summed E-state index contributed by atoms with van der Waals surface area (Å²) in [6.07, 6.45) is 4.45. The number of hydrogen-bond acceptors (Lipinski definition) is 4. The lowest BCUT2D eigenvalue weighted by Gasteiger charge is -2.40. The van der Waals surface area contributed by atoms with Crippen LogP contribution in [0.1, 0.15) is 46.5 Å². The number of amides is 1. The predicted molar refractivity (Wildman–Crippen MR) is 80.1 cm³/mol. The van der Waals surface area contributed by atoms with Crippen LogP contribution in [-0.2, 0) is 9.47 Å². The van der Waals surface area contributed by atoms with E-state index in [4.69, 9.17) is 14.6 Å². The number of aliphatic hydroxyl groups excluding tert-OH is 1. The van der Waals surface area contributed by atoms with Crippen LogP contribution in [0.5, 0.6) is 0 Å². The maximum atomic E-state index is 11.7. The number of nitrogens with zero attached hydrogens (tertiary/aromatic N) is 1. The largest absolute Gasteiger partial charge is 0.444 e. The van der Waals surface area contributed by atoms with Gasteiger partial charge in [0.1, 0.15) is 5.60 Å². The van der Waals surface area contributed by atoms with E-state index in [1.807, 2.05) is 20.8 Å². The van der Waals surface area contributed by atoms with E-state index in [2.05, 4.69) is 0 Å². The molecule has 0 atom stereocenters. The van der Waals surface area contributed by atoms with Crippen molar-refractivity contribution in [3.63, 3.8) is 0 Å². The van der Waals surface area contributed by atoms with E-state index in [0.717, 1.165) is 31.3 Å². The van der Waals surface area contributed by atoms with Gasteiger partial charge in [0.15, 0.2) is 0 Å². The molecule has 0 aromatic rings. The topological polar surface area (TPSA) is 59.0 Å². The summed E-state index contributed by atoms with van der Waals surface area (Å²) in [6, 6.07) is 0. The number of carbonyl (C=O) groups excluding carboxylic acids is 1. The molecule has 0 bridgehead atoms. The average molecular weight is 299 g/mol. The summed E-state index contributed by atoms with van der Waals surface area (Å²) < 4.78 is 11.1. The van der Waals surface area contributed by atoms with Gasteiger partial charge in [-0.25, -0.2) is 4.79 Å². The van der Waals surface area contributed by atoms with Gasteiger partial charge >= 0.3 is 6.09 Å². The van der Waals surface area contributed by atoms with E-state index in [0.29, 0.717) is 19.7 Å². The molecular formula is C16H29NO4. The van der Waals surface area contributed by atoms with Crippen molar-refractivity contribution >= 4 is 6.09 Å². The Morgan fingerprint density at radius 3 is 2.38 bits per heavy atom. The first kappa shape index (κ1) is 16.6. The summed E-state index contributed by atoms with van der Waals surface area (Å²) in [5, 5.41) is 8.85. The summed E-state index contributed by atoms with van der Waals surface area (Å²) in [6.45, 7) is 8.02. The van der Waals surface area contributed by atoms with Crippen LogP contribution in [-0.4, -0.2) is 54.1 Å². The Morgan fingerprint density at radius 2 is 1.81 bits per heavy atom. The molecule has 1 heterocycles. The third-order valence-electron chi connectivity index (χ3n) is 4.25. The fourth-order valence-electron chi connectivity index (χ4n) is 2.95. The molecule has 0 unspecified atom stereocenters. The predicted octanol–water partition coefficient (Wildman–Crippen LogP) is 2.42. The van der Waals surface area contributed by atoms with Gasteiger partial charge in [-0.15, -0.1) is 0 Å². The Hall–Kier alpha value is -0.810. The van der Waals surface area contributed by atoms with Crippen molar-refractivity contribution in [1.29, 1.82) is 0 Å². The molecule has 2 rings (SSSR count). The average Bonchev–Trinajstić information content (AvgIpc) is 2.25. The van der Waals surface area contributed by atoms with E-state index in [9.17, 15) is 4.79 Å². The molecule has 0 radical (unpaired) electrons. The first-order chi connectivity index (χ1) is 9.87. The monoisotopic (exact) mass is 299 g/mol. The lowest BCUT2D eigenvalue weighted by atomic mass is 9.72. The Morgan fingerprint density at radius 1 is 1.19 bits per heavy atom. The van der Waals surface area contributed by atoms with E-state index >= 15 is 0 Å². The molecule has 2 fully saturated rings. The van der Waals surface area contributed by atoms with E-state index in [-0.39, 0.29) is 12.2 Å². The molecule has 5 heteroatoms. The smallest absolute Gasteiger partial charge is 0.410 e. The molecule has 1 aliphatic carbocycles. The van der Waals surface area contributed by atoms with Gasteiger partial charge in [-0.2, -0.15) is 0 Å². The van der Waals surface area contributed by atoms with Gasteiger partial charge in [-0.05, 0) is 58.3 Å². The number of rotatable bonds is 6. The highest BCUT2D eigenvalue weighted by Crippen LogP contribution is 2.38. The normalized spacial score (nSPS) is 26.2. The number of likely N-dealkylation sites (tertiary alicyclic amines) is 1. The van der Waals surface area contributed by atoms with Gasteiger partial charge in [0, 0.05) is 13.2 Å². The Labute approximate surface area is 127 Å². The van der Waals surface area contributed by atoms with Gasteiger partial charge in [0.05, 0.1) is 19.2 Å². The van der Waals surface area contributed by atoms with Crippen LogP contribution < -0.4 is 0 Å². The van der Waals surface area contributed by atoms with Crippen LogP contribution in [0.15, 0.2) is 0 Å². The Kier molecular flexibility index (Phi) is 5.49. The van der Waals surface area contributed by atoms with Crippen molar-refractivity contribution in [2.45, 2.75) is 58.2 Å². The quantitative estimate of drug-likeness (QED) is 0.818. The van der Waals surface area contributed by atoms with Gasteiger partial charge in [-0.3, -0.25) is 0 Å². The highest BCUT2D eigenvalue weighted by atomic mass is 16.6. The summed E-state index contributed by atoms with van der Waals surface area (Å²) in [5.41, 5.74) is -0.432. The second-order valence-electron chi connectivity index (χ2n) is 7.38. The van der Waals surface area contributed by atoms with Crippen LogP contribution in [0, 0.1) is 11.8 Å². The molecule has 1 N–H and O–H groups in total. The van der Waals surface area contributed by atoms with Crippen LogP contribution in [0.25, 0.3) is 0 Å². The fraction of sp³-hybridized carbons (Fsp3) is 0.938. The van der Waals surface area contributed by atoms with Crippen molar-refractivity contribution in [2.75, 3.05) is 26.3 Å². The zero-order valence-electron chi connectivity index (χ0n) is 13.5. The van der Waals surface area contributed by atoms with Crippen molar-refractivity contribution < 1.29 is 19.4 Å². The molecule has 0 aromatic heterocycles. The molecular weight excluding hydrogens is 270 g/mol. The molecule has 1 saturated carbocycles. The zero-order chi connectivity index (χ0) is 15.5. The zero-order valence-corrected chi connectivity index (χ0v) is 13.5. The second kappa shape index (κ2) is 6.97. The van der Waals surface area contributed by atoms with Crippen molar-refractivity contribution in [1.82, 2.24) is 4.90 Å². The van der Waals surface area contributed by atoms with Crippen molar-refractivity contribution in [2.24, 2.45) is 11.8 Å². The minimum absolute atomic E-state index is 0.172. The Balaban J connectivity index is 1.49. The maximum absolute atomic E-state index is 11.7. The lowest BCUT2D eigenvalue weighted by Crippen LogP contribution is -2.56. The molecule has 5 nitrogen and oxygen atoms in total. The Bertz CT molecular complexity index is 341. The third-order valence-corrected chi connectivity index (χ3v) is 4.25. The first-order valence-corrected chi connectivity index (χ1v) is 8.08. The summed E-state index contributed by atoms with van der Waals surface area (Å²) in [7, 11) is 0. The highest BCUT2D eigenvalue weighted by molar-refractivity contribution is 5.69. The molecule has 0 aromatic carbocycles. The molecule has 0 spiro atoms. The maximum Gasteiger partial charge on any atom is 0.410 e. The minimum atomic E-state index is -0.432. The molecule has 2 aliphatic rings. The van der Waals surface area contributed by atoms with Crippen LogP contribution in [0.4, 0.5) is 4.79 Å². The SMILES string of the molecule is CC(C)(C)OC(=O)N1CC(OCCC2CC(CCO)C2)C1. The number of carbonyl (C=O) groups is 1. The van der Waals surface area contributed by atoms with Crippen LogP contribution >= 0.6 is 0 Å². The van der Waals surface area contributed by atoms with E-state index in [1.54, 1.807) is 4.90 Å². The van der Waals surface area contributed by atoms with Gasteiger partial charge in [-0.1, -0.05) is 0 Å². The summed E-state index contributed by atoms with van der Waals surface area (Å²) in [5.74, 6) is 1.50. The molecule has 1 saturated heterocycles. The number of aliphatic hydroxyl groups is 1. The number of ether oxygens (including phenoxy) is 2. The van der Waals surface area contributed by atoms with Crippen LogP contribution in [0.3, 0.4) is 0 Å². The summed E-state index contributed by atoms with van der Waals surface area (Å²) >= 11 is 0. The second-order valence-corrected chi connectivity index (χ2v) is 7.38. The molecule has 1 aliphatic heterocycles. The van der Waals surface area contributed by atoms with Crippen molar-refractivity contribution in [3.05, 3.63) is 0 Å². The van der Waals surface area contributed by atoms with E-state index in [1.165, 1.54) is 12.8 Å². The number of hydrogen-bond donors (Lipinski definition) is 1. The molecule has 122 valence electrons. The third kappa shape index (κ3) is 5.15. The molecule has 21 heavy (non-hydrogen) atoms. The van der Waals surface area contributed by atoms with Crippen molar-refractivity contribution in [3.8, 4) is 0 Å². The first-order valence-electron chi connectivity index (χ1n) is 8.08. The van der Waals surface area contributed by atoms with Gasteiger partial charge in [0.2, 0.25) is 0 Å². The lowest BCUT2D eigenvalue weighted by molar-refractivity contribution is -0.0684. The van der Waals surface area contributed by atoms with Crippen LogP contribution in [0.2, 0.25) is 0 Å². The highest BCUT2D eigenvalue weighted by Gasteiger charge is 2.35. The van der Waals surface area contributed by atoms with E-state index < -0.39 is 5.60 Å². The fourth-order valence-corrected chi connectivity index (χ4v) is 2.95.